The first-order valence-electron chi connectivity index (χ1n) is 7.28. The molecule has 0 amide bonds. The topological polar surface area (TPSA) is 20.3 Å². The molecule has 1 unspecified atom stereocenters. The van der Waals surface area contributed by atoms with Gasteiger partial charge in [0.1, 0.15) is 5.82 Å². The number of nitrogens with zero attached hydrogens (tertiary/aromatic N) is 1. The predicted octanol–water partition coefficient (Wildman–Crippen LogP) is 3.85. The maximum Gasteiger partial charge on any atom is 0.164 e. The quantitative estimate of drug-likeness (QED) is 0.794. The van der Waals surface area contributed by atoms with Crippen LogP contribution in [0.15, 0.2) is 48.5 Å². The minimum absolute atomic E-state index is 0.00826. The minimum atomic E-state index is -0.360. The number of Topliss-reactive ketones (excluding diaryl/α,β-unsaturated/α-hetero) is 1. The summed E-state index contributed by atoms with van der Waals surface area (Å²) in [4.78, 5) is 14.4. The zero-order valence-electron chi connectivity index (χ0n) is 12.1. The molecule has 0 spiro atoms. The molecule has 1 aliphatic rings. The van der Waals surface area contributed by atoms with Crippen molar-refractivity contribution in [1.29, 1.82) is 0 Å². The molecule has 1 aliphatic heterocycles. The van der Waals surface area contributed by atoms with Gasteiger partial charge in [-0.2, -0.15) is 0 Å². The Morgan fingerprint density at radius 2 is 2.05 bits per heavy atom. The first-order valence-corrected chi connectivity index (χ1v) is 7.28. The van der Waals surface area contributed by atoms with Gasteiger partial charge in [0.25, 0.3) is 0 Å². The highest BCUT2D eigenvalue weighted by Gasteiger charge is 2.25. The van der Waals surface area contributed by atoms with E-state index in [1.54, 1.807) is 12.1 Å². The van der Waals surface area contributed by atoms with Gasteiger partial charge in [0, 0.05) is 30.3 Å². The van der Waals surface area contributed by atoms with Crippen molar-refractivity contribution < 1.29 is 9.18 Å². The number of benzene rings is 2. The lowest BCUT2D eigenvalue weighted by molar-refractivity contribution is 0.0984. The highest BCUT2D eigenvalue weighted by atomic mass is 19.1. The van der Waals surface area contributed by atoms with E-state index >= 15 is 0 Å². The van der Waals surface area contributed by atoms with Gasteiger partial charge < -0.3 is 4.90 Å². The highest BCUT2D eigenvalue weighted by Crippen LogP contribution is 2.31. The summed E-state index contributed by atoms with van der Waals surface area (Å²) >= 11 is 0. The number of hydrogen-bond donors (Lipinski definition) is 0. The van der Waals surface area contributed by atoms with E-state index in [4.69, 9.17) is 0 Å². The average molecular weight is 283 g/mol. The SMILES string of the molecule is CC1Cc2ccccc2N1CCC(=O)c1cccc(F)c1. The van der Waals surface area contributed by atoms with Gasteiger partial charge in [-0.05, 0) is 37.1 Å². The van der Waals surface area contributed by atoms with Gasteiger partial charge >= 0.3 is 0 Å². The summed E-state index contributed by atoms with van der Waals surface area (Å²) < 4.78 is 13.2. The van der Waals surface area contributed by atoms with Crippen LogP contribution in [-0.2, 0) is 6.42 Å². The molecule has 21 heavy (non-hydrogen) atoms. The highest BCUT2D eigenvalue weighted by molar-refractivity contribution is 5.96. The fourth-order valence-corrected chi connectivity index (χ4v) is 3.00. The van der Waals surface area contributed by atoms with Gasteiger partial charge in [-0.1, -0.05) is 30.3 Å². The summed E-state index contributed by atoms with van der Waals surface area (Å²) in [7, 11) is 0. The van der Waals surface area contributed by atoms with Crippen LogP contribution in [0.2, 0.25) is 0 Å². The third-order valence-electron chi connectivity index (χ3n) is 4.07. The molecule has 2 nitrogen and oxygen atoms in total. The van der Waals surface area contributed by atoms with Crippen LogP contribution in [0.5, 0.6) is 0 Å². The van der Waals surface area contributed by atoms with Crippen LogP contribution in [0, 0.1) is 5.82 Å². The van der Waals surface area contributed by atoms with Crippen LogP contribution in [0.4, 0.5) is 10.1 Å². The molecule has 2 aromatic carbocycles. The summed E-state index contributed by atoms with van der Waals surface area (Å²) in [5.74, 6) is -0.369. The van der Waals surface area contributed by atoms with E-state index in [0.717, 1.165) is 6.42 Å². The molecule has 0 bridgehead atoms. The van der Waals surface area contributed by atoms with E-state index in [1.807, 2.05) is 12.1 Å². The van der Waals surface area contributed by atoms with Crippen molar-refractivity contribution in [1.82, 2.24) is 0 Å². The summed E-state index contributed by atoms with van der Waals surface area (Å²) in [6.07, 6.45) is 1.42. The number of anilines is 1. The first-order chi connectivity index (χ1) is 10.1. The van der Waals surface area contributed by atoms with Crippen molar-refractivity contribution in [2.75, 3.05) is 11.4 Å². The summed E-state index contributed by atoms with van der Waals surface area (Å²) in [5, 5.41) is 0. The van der Waals surface area contributed by atoms with Gasteiger partial charge in [0.2, 0.25) is 0 Å². The molecule has 0 aromatic heterocycles. The fraction of sp³-hybridized carbons (Fsp3) is 0.278. The molecular formula is C18H18FNO. The van der Waals surface area contributed by atoms with Gasteiger partial charge in [0.15, 0.2) is 5.78 Å². The number of ketones is 1. The van der Waals surface area contributed by atoms with Crippen LogP contribution in [0.25, 0.3) is 0 Å². The average Bonchev–Trinajstić information content (AvgIpc) is 2.80. The van der Waals surface area contributed by atoms with Crippen molar-refractivity contribution in [2.45, 2.75) is 25.8 Å². The zero-order chi connectivity index (χ0) is 14.8. The lowest BCUT2D eigenvalue weighted by atomic mass is 10.1. The Morgan fingerprint density at radius 3 is 2.86 bits per heavy atom. The molecule has 0 radical (unpaired) electrons. The fourth-order valence-electron chi connectivity index (χ4n) is 3.00. The third kappa shape index (κ3) is 2.82. The predicted molar refractivity (Wildman–Crippen MR) is 82.3 cm³/mol. The normalized spacial score (nSPS) is 16.9. The molecule has 0 saturated carbocycles. The molecule has 3 rings (SSSR count). The van der Waals surface area contributed by atoms with E-state index < -0.39 is 0 Å². The van der Waals surface area contributed by atoms with E-state index in [2.05, 4.69) is 24.0 Å². The molecule has 0 fully saturated rings. The Balaban J connectivity index is 1.69. The second-order valence-corrected chi connectivity index (χ2v) is 5.56. The van der Waals surface area contributed by atoms with E-state index in [1.165, 1.54) is 23.4 Å². The molecule has 108 valence electrons. The Labute approximate surface area is 124 Å². The van der Waals surface area contributed by atoms with E-state index in [-0.39, 0.29) is 11.6 Å². The summed E-state index contributed by atoms with van der Waals surface area (Å²) in [6, 6.07) is 14.6. The second-order valence-electron chi connectivity index (χ2n) is 5.56. The molecule has 2 aromatic rings. The number of rotatable bonds is 4. The van der Waals surface area contributed by atoms with Crippen molar-refractivity contribution in [3.05, 3.63) is 65.5 Å². The zero-order valence-corrected chi connectivity index (χ0v) is 12.1. The maximum absolute atomic E-state index is 13.2. The molecule has 0 saturated heterocycles. The Morgan fingerprint density at radius 1 is 1.24 bits per heavy atom. The third-order valence-corrected chi connectivity index (χ3v) is 4.07. The molecule has 0 N–H and O–H groups in total. The summed E-state index contributed by atoms with van der Waals surface area (Å²) in [5.41, 5.74) is 3.01. The molecule has 0 aliphatic carbocycles. The van der Waals surface area contributed by atoms with Crippen molar-refractivity contribution in [3.8, 4) is 0 Å². The van der Waals surface area contributed by atoms with Gasteiger partial charge in [-0.25, -0.2) is 4.39 Å². The van der Waals surface area contributed by atoms with Crippen molar-refractivity contribution in [3.63, 3.8) is 0 Å². The van der Waals surface area contributed by atoms with Gasteiger partial charge in [-0.15, -0.1) is 0 Å². The van der Waals surface area contributed by atoms with Gasteiger partial charge in [-0.3, -0.25) is 4.79 Å². The summed E-state index contributed by atoms with van der Waals surface area (Å²) in [6.45, 7) is 2.85. The number of hydrogen-bond acceptors (Lipinski definition) is 2. The van der Waals surface area contributed by atoms with Crippen molar-refractivity contribution >= 4 is 11.5 Å². The molecule has 1 heterocycles. The van der Waals surface area contributed by atoms with Crippen LogP contribution in [0.3, 0.4) is 0 Å². The number of carbonyl (C=O) groups excluding carboxylic acids is 1. The lowest BCUT2D eigenvalue weighted by Gasteiger charge is -2.24. The minimum Gasteiger partial charge on any atom is -0.368 e. The lowest BCUT2D eigenvalue weighted by Crippen LogP contribution is -2.31. The van der Waals surface area contributed by atoms with Crippen LogP contribution in [0.1, 0.15) is 29.3 Å². The number of halogens is 1. The first kappa shape index (κ1) is 13.8. The second kappa shape index (κ2) is 5.68. The van der Waals surface area contributed by atoms with Crippen LogP contribution >= 0.6 is 0 Å². The molecule has 1 atom stereocenters. The molecular weight excluding hydrogens is 265 g/mol. The van der Waals surface area contributed by atoms with Crippen molar-refractivity contribution in [2.24, 2.45) is 0 Å². The van der Waals surface area contributed by atoms with E-state index in [9.17, 15) is 9.18 Å². The monoisotopic (exact) mass is 283 g/mol. The number of fused-ring (bicyclic) bond motifs is 1. The van der Waals surface area contributed by atoms with Crippen LogP contribution in [-0.4, -0.2) is 18.4 Å². The Bertz CT molecular complexity index is 668. The molecule has 3 heteroatoms. The number of carbonyl (C=O) groups is 1. The van der Waals surface area contributed by atoms with Gasteiger partial charge in [0.05, 0.1) is 0 Å². The Kier molecular flexibility index (Phi) is 3.74. The smallest absolute Gasteiger partial charge is 0.164 e. The largest absolute Gasteiger partial charge is 0.368 e. The Hall–Kier alpha value is -2.16. The number of para-hydroxylation sites is 1. The maximum atomic E-state index is 13.2. The van der Waals surface area contributed by atoms with Crippen LogP contribution < -0.4 is 4.90 Å². The standard InChI is InChI=1S/C18H18FNO/c1-13-11-14-5-2-3-8-17(14)20(13)10-9-18(21)15-6-4-7-16(19)12-15/h2-8,12-13H,9-11H2,1H3. The van der Waals surface area contributed by atoms with E-state index in [0.29, 0.717) is 24.6 Å².